The number of esters is 1. The maximum Gasteiger partial charge on any atom is 0.323 e. The molecule has 10 nitrogen and oxygen atoms in total. The lowest BCUT2D eigenvalue weighted by atomic mass is 10.2. The van der Waals surface area contributed by atoms with Crippen molar-refractivity contribution in [2.75, 3.05) is 13.3 Å². The molecule has 0 bridgehead atoms. The van der Waals surface area contributed by atoms with E-state index < -0.39 is 49.7 Å². The van der Waals surface area contributed by atoms with E-state index in [0.717, 1.165) is 11.8 Å². The van der Waals surface area contributed by atoms with E-state index in [1.165, 1.54) is 18.5 Å². The molecule has 5 atom stereocenters. The number of halogens is 1. The van der Waals surface area contributed by atoms with Gasteiger partial charge in [-0.1, -0.05) is 36.9 Å². The molecule has 0 saturated carbocycles. The van der Waals surface area contributed by atoms with Crippen molar-refractivity contribution >= 4 is 19.4 Å². The Hall–Kier alpha value is -2.56. The highest BCUT2D eigenvalue weighted by Crippen LogP contribution is 2.39. The van der Waals surface area contributed by atoms with Crippen molar-refractivity contribution in [2.45, 2.75) is 44.4 Å². The summed E-state index contributed by atoms with van der Waals surface area (Å²) in [6.45, 7) is 6.27. The topological polar surface area (TPSA) is 126 Å². The molecule has 1 aromatic carbocycles. The van der Waals surface area contributed by atoms with Crippen LogP contribution in [0.4, 0.5) is 4.39 Å². The minimum atomic E-state index is -3.46. The maximum absolute atomic E-state index is 13.6. The molecule has 3 N–H and O–H groups in total. The van der Waals surface area contributed by atoms with E-state index in [4.69, 9.17) is 14.0 Å². The van der Waals surface area contributed by atoms with E-state index in [1.807, 2.05) is 30.3 Å². The number of hydrogen-bond acceptors (Lipinski definition) is 8. The van der Waals surface area contributed by atoms with Crippen molar-refractivity contribution in [3.05, 3.63) is 60.3 Å². The quantitative estimate of drug-likeness (QED) is 0.356. The third kappa shape index (κ3) is 6.72. The Kier molecular flexibility index (Phi) is 8.04. The van der Waals surface area contributed by atoms with Crippen molar-refractivity contribution in [1.29, 1.82) is 0 Å². The summed E-state index contributed by atoms with van der Waals surface area (Å²) in [5.74, 6) is -2.42. The third-order valence-electron chi connectivity index (χ3n) is 5.04. The molecule has 180 valence electrons. The van der Waals surface area contributed by atoms with Crippen molar-refractivity contribution in [1.82, 2.24) is 15.3 Å². The minimum absolute atomic E-state index is 0.0797. The Balaban J connectivity index is 1.48. The molecule has 2 aliphatic rings. The molecule has 33 heavy (non-hydrogen) atoms. The maximum atomic E-state index is 13.6. The highest BCUT2D eigenvalue weighted by molar-refractivity contribution is 7.56. The predicted octanol–water partition coefficient (Wildman–Crippen LogP) is 1.74. The first-order valence-corrected chi connectivity index (χ1v) is 12.3. The summed E-state index contributed by atoms with van der Waals surface area (Å²) in [4.78, 5) is 24.8. The SMILES string of the molecule is C=C1NC(=O)C(F)=CN1[C@H]1CC(O)[C@@H](CO[P@](C)(=O)N[C@@H](C)C(=O)OCc2ccccc2)O1. The summed E-state index contributed by atoms with van der Waals surface area (Å²) in [6.07, 6.45) is -1.64. The molecule has 0 radical (unpaired) electrons. The Morgan fingerprint density at radius 3 is 2.85 bits per heavy atom. The number of amides is 1. The second-order valence-electron chi connectivity index (χ2n) is 7.80. The van der Waals surface area contributed by atoms with Gasteiger partial charge in [-0.15, -0.1) is 0 Å². The van der Waals surface area contributed by atoms with Crippen molar-refractivity contribution in [3.63, 3.8) is 0 Å². The molecule has 0 aliphatic carbocycles. The van der Waals surface area contributed by atoms with Gasteiger partial charge in [0.15, 0.2) is 0 Å². The Morgan fingerprint density at radius 1 is 1.45 bits per heavy atom. The monoisotopic (exact) mass is 483 g/mol. The van der Waals surface area contributed by atoms with Crippen molar-refractivity contribution < 1.29 is 37.6 Å². The summed E-state index contributed by atoms with van der Waals surface area (Å²) < 4.78 is 42.7. The first-order chi connectivity index (χ1) is 15.6. The summed E-state index contributed by atoms with van der Waals surface area (Å²) in [7, 11) is -3.46. The van der Waals surface area contributed by atoms with Crippen molar-refractivity contribution in [2.24, 2.45) is 0 Å². The van der Waals surface area contributed by atoms with Crippen LogP contribution in [0.1, 0.15) is 18.9 Å². The fourth-order valence-electron chi connectivity index (χ4n) is 3.32. The normalized spacial score (nSPS) is 25.8. The Labute approximate surface area is 190 Å². The lowest BCUT2D eigenvalue weighted by Gasteiger charge is -2.31. The highest BCUT2D eigenvalue weighted by atomic mass is 31.2. The van der Waals surface area contributed by atoms with Crippen LogP contribution in [0.25, 0.3) is 0 Å². The van der Waals surface area contributed by atoms with Gasteiger partial charge in [0.05, 0.1) is 12.7 Å². The standard InChI is InChI=1S/C21H27FN3O7P/c1-13(21(28)30-11-15-7-5-4-6-8-15)24-33(3,29)31-12-18-17(26)9-19(32-18)25-10-16(22)20(27)23-14(25)2/h4-8,10,13,17-19,26H,2,9,11-12H2,1,3H3,(H,23,27)(H,24,29)/t13-,17?,18+,19+,33-/m0/s1. The van der Waals surface area contributed by atoms with Crippen LogP contribution in [0.15, 0.2) is 54.8 Å². The molecule has 1 amide bonds. The third-order valence-corrected chi connectivity index (χ3v) is 6.54. The summed E-state index contributed by atoms with van der Waals surface area (Å²) in [5, 5.41) is 15.2. The van der Waals surface area contributed by atoms with E-state index in [9.17, 15) is 23.7 Å². The first-order valence-electron chi connectivity index (χ1n) is 10.3. The van der Waals surface area contributed by atoms with E-state index >= 15 is 0 Å². The Bertz CT molecular complexity index is 974. The first kappa shape index (κ1) is 25.1. The van der Waals surface area contributed by atoms with Crippen LogP contribution >= 0.6 is 7.52 Å². The van der Waals surface area contributed by atoms with Crippen LogP contribution in [-0.4, -0.2) is 59.6 Å². The van der Waals surface area contributed by atoms with Gasteiger partial charge >= 0.3 is 5.97 Å². The molecular weight excluding hydrogens is 456 g/mol. The van der Waals surface area contributed by atoms with Gasteiger partial charge in [-0.25, -0.2) is 5.09 Å². The number of nitrogens with one attached hydrogen (secondary N) is 2. The van der Waals surface area contributed by atoms with E-state index in [1.54, 1.807) is 0 Å². The average molecular weight is 483 g/mol. The number of hydrogen-bond donors (Lipinski definition) is 3. The molecule has 0 spiro atoms. The lowest BCUT2D eigenvalue weighted by Crippen LogP contribution is -2.42. The smallest absolute Gasteiger partial charge is 0.323 e. The molecule has 12 heteroatoms. The molecule has 1 fully saturated rings. The highest BCUT2D eigenvalue weighted by Gasteiger charge is 2.40. The van der Waals surface area contributed by atoms with Gasteiger partial charge in [0.25, 0.3) is 13.4 Å². The summed E-state index contributed by atoms with van der Waals surface area (Å²) in [5.41, 5.74) is 0.821. The van der Waals surface area contributed by atoms with Crippen molar-refractivity contribution in [3.8, 4) is 0 Å². The second-order valence-corrected chi connectivity index (χ2v) is 10.0. The zero-order chi connectivity index (χ0) is 24.2. The number of benzene rings is 1. The van der Waals surface area contributed by atoms with Crippen LogP contribution in [0.2, 0.25) is 0 Å². The number of ether oxygens (including phenoxy) is 2. The fraction of sp³-hybridized carbons (Fsp3) is 0.429. The minimum Gasteiger partial charge on any atom is -0.460 e. The van der Waals surface area contributed by atoms with Gasteiger partial charge in [-0.05, 0) is 12.5 Å². The largest absolute Gasteiger partial charge is 0.460 e. The van der Waals surface area contributed by atoms with E-state index in [2.05, 4.69) is 17.0 Å². The predicted molar refractivity (Wildman–Crippen MR) is 116 cm³/mol. The number of carbonyl (C=O) groups is 2. The number of nitrogens with zero attached hydrogens (tertiary/aromatic N) is 1. The van der Waals surface area contributed by atoms with Gasteiger partial charge < -0.3 is 29.3 Å². The van der Waals surface area contributed by atoms with Crippen LogP contribution in [0.3, 0.4) is 0 Å². The van der Waals surface area contributed by atoms with Gasteiger partial charge in [0.1, 0.15) is 30.8 Å². The molecular formula is C21H27FN3O7P. The summed E-state index contributed by atoms with van der Waals surface area (Å²) >= 11 is 0. The molecule has 1 aromatic rings. The van der Waals surface area contributed by atoms with E-state index in [0.29, 0.717) is 0 Å². The average Bonchev–Trinajstić information content (AvgIpc) is 3.14. The number of carbonyl (C=O) groups excluding carboxylic acids is 2. The Morgan fingerprint density at radius 2 is 2.15 bits per heavy atom. The van der Waals surface area contributed by atoms with E-state index in [-0.39, 0.29) is 25.5 Å². The zero-order valence-corrected chi connectivity index (χ0v) is 19.2. The molecule has 2 heterocycles. The molecule has 2 aliphatic heterocycles. The number of aliphatic hydroxyl groups excluding tert-OH is 1. The molecule has 1 saturated heterocycles. The molecule has 3 rings (SSSR count). The summed E-state index contributed by atoms with van der Waals surface area (Å²) in [6, 6.07) is 8.23. The van der Waals surface area contributed by atoms with Gasteiger partial charge in [-0.3, -0.25) is 14.2 Å². The fourth-order valence-corrected chi connectivity index (χ4v) is 4.63. The van der Waals surface area contributed by atoms with Crippen LogP contribution in [0, 0.1) is 0 Å². The van der Waals surface area contributed by atoms with Gasteiger partial charge in [0, 0.05) is 19.3 Å². The number of aliphatic hydroxyl groups is 1. The second kappa shape index (κ2) is 10.6. The van der Waals surface area contributed by atoms with Gasteiger partial charge in [-0.2, -0.15) is 4.39 Å². The van der Waals surface area contributed by atoms with Crippen LogP contribution < -0.4 is 10.4 Å². The van der Waals surface area contributed by atoms with Crippen LogP contribution in [-0.2, 0) is 34.8 Å². The number of rotatable bonds is 9. The zero-order valence-electron chi connectivity index (χ0n) is 18.3. The molecule has 0 aromatic heterocycles. The van der Waals surface area contributed by atoms with Crippen LogP contribution in [0.5, 0.6) is 0 Å². The van der Waals surface area contributed by atoms with Gasteiger partial charge in [0.2, 0.25) is 5.83 Å². The lowest BCUT2D eigenvalue weighted by molar-refractivity contribution is -0.146. The molecule has 1 unspecified atom stereocenters.